The van der Waals surface area contributed by atoms with Gasteiger partial charge in [0.1, 0.15) is 5.75 Å². The van der Waals surface area contributed by atoms with E-state index in [2.05, 4.69) is 16.2 Å². The molecule has 1 aromatic carbocycles. The number of amides is 2. The predicted molar refractivity (Wildman–Crippen MR) is 91.6 cm³/mol. The maximum absolute atomic E-state index is 12.2. The first-order valence-corrected chi connectivity index (χ1v) is 7.69. The molecule has 0 unspecified atom stereocenters. The van der Waals surface area contributed by atoms with Crippen molar-refractivity contribution < 1.29 is 18.7 Å². The molecular weight excluding hydrogens is 330 g/mol. The topological polar surface area (TPSA) is 92.6 Å². The minimum absolute atomic E-state index is 0.0586. The Morgan fingerprint density at radius 1 is 1.12 bits per heavy atom. The molecular formula is C16H17N3O4S. The highest BCUT2D eigenvalue weighted by atomic mass is 32.1. The van der Waals surface area contributed by atoms with Crippen LogP contribution in [0.4, 0.5) is 0 Å². The molecule has 7 nitrogen and oxygen atoms in total. The third kappa shape index (κ3) is 4.82. The largest absolute Gasteiger partial charge is 0.493 e. The first kappa shape index (κ1) is 17.5. The van der Waals surface area contributed by atoms with E-state index < -0.39 is 11.8 Å². The molecule has 8 heteroatoms. The normalized spacial score (nSPS) is 9.88. The standard InChI is InChI=1S/C16H17N3O4S/c1-2-9-22-12-7-4-3-6-11(12)14(20)18-19-16(24)17-15(21)13-8-5-10-23-13/h3-8,10H,2,9H2,1H3,(H,18,20)(H2,17,19,21,24). The quantitative estimate of drug-likeness (QED) is 0.566. The van der Waals surface area contributed by atoms with Crippen LogP contribution in [0, 0.1) is 0 Å². The first-order chi connectivity index (χ1) is 11.6. The van der Waals surface area contributed by atoms with Crippen molar-refractivity contribution in [1.29, 1.82) is 0 Å². The van der Waals surface area contributed by atoms with E-state index in [0.29, 0.717) is 17.9 Å². The number of hydrogen-bond donors (Lipinski definition) is 3. The Balaban J connectivity index is 1.88. The van der Waals surface area contributed by atoms with E-state index in [0.717, 1.165) is 6.42 Å². The lowest BCUT2D eigenvalue weighted by Gasteiger charge is -2.13. The van der Waals surface area contributed by atoms with Crippen LogP contribution in [-0.4, -0.2) is 23.5 Å². The zero-order valence-electron chi connectivity index (χ0n) is 13.0. The summed E-state index contributed by atoms with van der Waals surface area (Å²) in [5, 5.41) is 2.32. The van der Waals surface area contributed by atoms with Crippen molar-refractivity contribution in [3.8, 4) is 5.75 Å². The monoisotopic (exact) mass is 347 g/mol. The molecule has 0 saturated carbocycles. The van der Waals surface area contributed by atoms with Gasteiger partial charge < -0.3 is 9.15 Å². The summed E-state index contributed by atoms with van der Waals surface area (Å²) < 4.78 is 10.5. The molecule has 3 N–H and O–H groups in total. The maximum atomic E-state index is 12.2. The van der Waals surface area contributed by atoms with Gasteiger partial charge in [0.25, 0.3) is 11.8 Å². The zero-order valence-corrected chi connectivity index (χ0v) is 13.8. The van der Waals surface area contributed by atoms with Gasteiger partial charge in [-0.25, -0.2) is 0 Å². The lowest BCUT2D eigenvalue weighted by molar-refractivity contribution is 0.0924. The van der Waals surface area contributed by atoms with Crippen LogP contribution < -0.4 is 20.9 Å². The Labute approximate surface area is 144 Å². The average molecular weight is 347 g/mol. The van der Waals surface area contributed by atoms with Crippen LogP contribution in [0.5, 0.6) is 5.75 Å². The van der Waals surface area contributed by atoms with Crippen molar-refractivity contribution in [1.82, 2.24) is 16.2 Å². The molecule has 2 amide bonds. The summed E-state index contributed by atoms with van der Waals surface area (Å²) in [6, 6.07) is 9.93. The molecule has 126 valence electrons. The molecule has 0 spiro atoms. The highest BCUT2D eigenvalue weighted by molar-refractivity contribution is 7.80. The predicted octanol–water partition coefficient (Wildman–Crippen LogP) is 2.02. The lowest BCUT2D eigenvalue weighted by atomic mass is 10.2. The van der Waals surface area contributed by atoms with Crippen LogP contribution in [0.1, 0.15) is 34.3 Å². The van der Waals surface area contributed by atoms with E-state index in [9.17, 15) is 9.59 Å². The number of nitrogens with one attached hydrogen (secondary N) is 3. The van der Waals surface area contributed by atoms with Crippen molar-refractivity contribution in [3.63, 3.8) is 0 Å². The number of ether oxygens (including phenoxy) is 1. The Morgan fingerprint density at radius 2 is 1.92 bits per heavy atom. The van der Waals surface area contributed by atoms with Crippen molar-refractivity contribution in [2.75, 3.05) is 6.61 Å². The smallest absolute Gasteiger partial charge is 0.293 e. The summed E-state index contributed by atoms with van der Waals surface area (Å²) in [6.45, 7) is 2.49. The minimum Gasteiger partial charge on any atom is -0.493 e. The SMILES string of the molecule is CCCOc1ccccc1C(=O)NNC(=S)NC(=O)c1ccco1. The first-order valence-electron chi connectivity index (χ1n) is 7.28. The van der Waals surface area contributed by atoms with E-state index in [4.69, 9.17) is 21.4 Å². The number of thiocarbonyl (C=S) groups is 1. The van der Waals surface area contributed by atoms with Crippen molar-refractivity contribution >= 4 is 29.1 Å². The van der Waals surface area contributed by atoms with E-state index in [-0.39, 0.29) is 10.9 Å². The van der Waals surface area contributed by atoms with Crippen molar-refractivity contribution in [3.05, 3.63) is 54.0 Å². The molecule has 0 aliphatic heterocycles. The number of furan rings is 1. The Morgan fingerprint density at radius 3 is 2.62 bits per heavy atom. The summed E-state index contributed by atoms with van der Waals surface area (Å²) >= 11 is 4.94. The van der Waals surface area contributed by atoms with Crippen LogP contribution >= 0.6 is 12.2 Å². The van der Waals surface area contributed by atoms with Crippen LogP contribution in [-0.2, 0) is 0 Å². The second-order valence-corrected chi connectivity index (χ2v) is 5.09. The number of carbonyl (C=O) groups excluding carboxylic acids is 2. The molecule has 2 rings (SSSR count). The van der Waals surface area contributed by atoms with Gasteiger partial charge in [-0.3, -0.25) is 25.8 Å². The zero-order chi connectivity index (χ0) is 17.4. The average Bonchev–Trinajstić information content (AvgIpc) is 3.13. The highest BCUT2D eigenvalue weighted by Gasteiger charge is 2.14. The fourth-order valence-corrected chi connectivity index (χ4v) is 1.92. The third-order valence-corrected chi connectivity index (χ3v) is 3.06. The van der Waals surface area contributed by atoms with Crippen molar-refractivity contribution in [2.45, 2.75) is 13.3 Å². The molecule has 0 radical (unpaired) electrons. The molecule has 0 saturated heterocycles. The fourth-order valence-electron chi connectivity index (χ4n) is 1.78. The summed E-state index contributed by atoms with van der Waals surface area (Å²) in [4.78, 5) is 23.9. The van der Waals surface area contributed by atoms with Crippen LogP contribution in [0.3, 0.4) is 0 Å². The molecule has 0 bridgehead atoms. The maximum Gasteiger partial charge on any atom is 0.293 e. The summed E-state index contributed by atoms with van der Waals surface area (Å²) in [5.74, 6) is -0.359. The van der Waals surface area contributed by atoms with Gasteiger partial charge in [0.05, 0.1) is 18.4 Å². The van der Waals surface area contributed by atoms with E-state index in [1.54, 1.807) is 30.3 Å². The van der Waals surface area contributed by atoms with E-state index >= 15 is 0 Å². The second kappa shape index (κ2) is 8.68. The number of benzene rings is 1. The molecule has 0 aliphatic carbocycles. The number of hydrogen-bond acceptors (Lipinski definition) is 5. The van der Waals surface area contributed by atoms with Crippen LogP contribution in [0.2, 0.25) is 0 Å². The molecule has 0 aliphatic rings. The molecule has 0 fully saturated rings. The summed E-state index contributed by atoms with van der Waals surface area (Å²) in [7, 11) is 0. The molecule has 0 atom stereocenters. The Hall–Kier alpha value is -2.87. The van der Waals surface area contributed by atoms with Crippen molar-refractivity contribution in [2.24, 2.45) is 0 Å². The van der Waals surface area contributed by atoms with Gasteiger partial charge in [-0.2, -0.15) is 0 Å². The second-order valence-electron chi connectivity index (χ2n) is 4.68. The van der Waals surface area contributed by atoms with Gasteiger partial charge in [-0.05, 0) is 42.9 Å². The molecule has 1 heterocycles. The summed E-state index contributed by atoms with van der Waals surface area (Å²) in [5.41, 5.74) is 5.23. The summed E-state index contributed by atoms with van der Waals surface area (Å²) in [6.07, 6.45) is 2.21. The third-order valence-electron chi connectivity index (χ3n) is 2.85. The van der Waals surface area contributed by atoms with Gasteiger partial charge >= 0.3 is 0 Å². The molecule has 24 heavy (non-hydrogen) atoms. The lowest BCUT2D eigenvalue weighted by Crippen LogP contribution is -2.48. The van der Waals surface area contributed by atoms with E-state index in [1.807, 2.05) is 6.92 Å². The minimum atomic E-state index is -0.515. The Bertz CT molecular complexity index is 716. The van der Waals surface area contributed by atoms with Gasteiger partial charge in [-0.15, -0.1) is 0 Å². The van der Waals surface area contributed by atoms with Gasteiger partial charge in [0, 0.05) is 0 Å². The van der Waals surface area contributed by atoms with Crippen LogP contribution in [0.25, 0.3) is 0 Å². The van der Waals surface area contributed by atoms with Gasteiger partial charge in [0.15, 0.2) is 10.9 Å². The number of rotatable bonds is 5. The van der Waals surface area contributed by atoms with Gasteiger partial charge in [-0.1, -0.05) is 19.1 Å². The van der Waals surface area contributed by atoms with E-state index in [1.165, 1.54) is 12.3 Å². The fraction of sp³-hybridized carbons (Fsp3) is 0.188. The van der Waals surface area contributed by atoms with Crippen LogP contribution in [0.15, 0.2) is 47.1 Å². The molecule has 1 aromatic heterocycles. The number of hydrazine groups is 1. The Kier molecular flexibility index (Phi) is 6.32. The van der Waals surface area contributed by atoms with Gasteiger partial charge in [0.2, 0.25) is 0 Å². The molecule has 2 aromatic rings. The highest BCUT2D eigenvalue weighted by Crippen LogP contribution is 2.17. The number of para-hydroxylation sites is 1. The number of carbonyl (C=O) groups is 2.